The fraction of sp³-hybridized carbons (Fsp3) is 0.500. The molecule has 0 spiro atoms. The first-order chi connectivity index (χ1) is 5.81. The van der Waals surface area contributed by atoms with E-state index in [1.54, 1.807) is 5.57 Å². The molecule has 0 heterocycles. The Labute approximate surface area is 74.7 Å². The molecule has 0 saturated heterocycles. The van der Waals surface area contributed by atoms with Crippen LogP contribution in [-0.4, -0.2) is 0 Å². The average molecular weight is 160 g/mol. The summed E-state index contributed by atoms with van der Waals surface area (Å²) in [7, 11) is 0. The highest BCUT2D eigenvalue weighted by Gasteiger charge is 2.26. The van der Waals surface area contributed by atoms with Crippen LogP contribution in [0.2, 0.25) is 0 Å². The van der Waals surface area contributed by atoms with Crippen molar-refractivity contribution in [3.05, 3.63) is 36.0 Å². The Bertz CT molecular complexity index is 255. The quantitative estimate of drug-likeness (QED) is 0.514. The molecule has 0 aromatic carbocycles. The van der Waals surface area contributed by atoms with Gasteiger partial charge in [0.2, 0.25) is 0 Å². The first-order valence-corrected chi connectivity index (χ1v) is 4.85. The van der Waals surface area contributed by atoms with Gasteiger partial charge in [0.1, 0.15) is 0 Å². The lowest BCUT2D eigenvalue weighted by molar-refractivity contribution is 0.503. The molecule has 0 amide bonds. The van der Waals surface area contributed by atoms with E-state index in [1.807, 2.05) is 0 Å². The van der Waals surface area contributed by atoms with Gasteiger partial charge in [-0.1, -0.05) is 42.9 Å². The number of hydrogen-bond donors (Lipinski definition) is 0. The second-order valence-corrected chi connectivity index (χ2v) is 4.03. The first-order valence-electron chi connectivity index (χ1n) is 4.85. The third-order valence-corrected chi connectivity index (χ3v) is 3.03. The largest absolute Gasteiger partial charge is 0.0844 e. The van der Waals surface area contributed by atoms with E-state index in [2.05, 4.69) is 37.3 Å². The van der Waals surface area contributed by atoms with E-state index in [0.29, 0.717) is 5.41 Å². The average Bonchev–Trinajstić information content (AvgIpc) is 2.58. The lowest BCUT2D eigenvalue weighted by Gasteiger charge is -2.28. The van der Waals surface area contributed by atoms with Crippen molar-refractivity contribution in [2.75, 3.05) is 0 Å². The van der Waals surface area contributed by atoms with E-state index < -0.39 is 0 Å². The van der Waals surface area contributed by atoms with Crippen LogP contribution in [0, 0.1) is 5.41 Å². The van der Waals surface area contributed by atoms with Crippen LogP contribution < -0.4 is 0 Å². The third-order valence-electron chi connectivity index (χ3n) is 3.03. The van der Waals surface area contributed by atoms with E-state index in [4.69, 9.17) is 0 Å². The summed E-state index contributed by atoms with van der Waals surface area (Å²) in [6.45, 7) is 2.35. The van der Waals surface area contributed by atoms with E-state index in [-0.39, 0.29) is 0 Å². The summed E-state index contributed by atoms with van der Waals surface area (Å²) in [5.41, 5.74) is 2.01. The normalized spacial score (nSPS) is 33.9. The summed E-state index contributed by atoms with van der Waals surface area (Å²) in [6.07, 6.45) is 16.6. The predicted molar refractivity (Wildman–Crippen MR) is 52.9 cm³/mol. The van der Waals surface area contributed by atoms with Crippen LogP contribution >= 0.6 is 0 Å². The van der Waals surface area contributed by atoms with E-state index in [0.717, 1.165) is 0 Å². The Morgan fingerprint density at radius 1 is 1.33 bits per heavy atom. The number of rotatable bonds is 1. The predicted octanol–water partition coefficient (Wildman–Crippen LogP) is 3.62. The molecule has 0 nitrogen and oxygen atoms in total. The standard InChI is InChI=1S/C12H16/c1-12(9-5-2-6-10-12)11-7-3-4-8-11/h2,5-7,9H,3-4,8,10H2,1H3. The molecule has 1 unspecified atom stereocenters. The first kappa shape index (κ1) is 7.85. The molecule has 0 N–H and O–H groups in total. The number of hydrogen-bond acceptors (Lipinski definition) is 0. The monoisotopic (exact) mass is 160 g/mol. The molecule has 2 aliphatic rings. The smallest absolute Gasteiger partial charge is 0.0100 e. The van der Waals surface area contributed by atoms with Gasteiger partial charge in [0.05, 0.1) is 0 Å². The molecule has 2 rings (SSSR count). The van der Waals surface area contributed by atoms with Crippen LogP contribution in [0.5, 0.6) is 0 Å². The van der Waals surface area contributed by atoms with Gasteiger partial charge in [-0.2, -0.15) is 0 Å². The summed E-state index contributed by atoms with van der Waals surface area (Å²) in [4.78, 5) is 0. The lowest BCUT2D eigenvalue weighted by atomic mass is 9.76. The van der Waals surface area contributed by atoms with Crippen LogP contribution in [0.15, 0.2) is 36.0 Å². The zero-order valence-corrected chi connectivity index (χ0v) is 7.72. The molecule has 12 heavy (non-hydrogen) atoms. The molecule has 0 aromatic rings. The van der Waals surface area contributed by atoms with E-state index in [1.165, 1.54) is 25.7 Å². The minimum Gasteiger partial charge on any atom is -0.0844 e. The maximum Gasteiger partial charge on any atom is 0.0100 e. The van der Waals surface area contributed by atoms with Crippen molar-refractivity contribution in [1.82, 2.24) is 0 Å². The highest BCUT2D eigenvalue weighted by Crippen LogP contribution is 2.40. The van der Waals surface area contributed by atoms with Crippen molar-refractivity contribution >= 4 is 0 Å². The SMILES string of the molecule is CC1(C2=CCCC2)C=CC=CC1. The van der Waals surface area contributed by atoms with Crippen LogP contribution in [0.3, 0.4) is 0 Å². The van der Waals surface area contributed by atoms with Crippen LogP contribution in [0.25, 0.3) is 0 Å². The van der Waals surface area contributed by atoms with Gasteiger partial charge in [-0.3, -0.25) is 0 Å². The third kappa shape index (κ3) is 1.26. The summed E-state index contributed by atoms with van der Waals surface area (Å²) in [5.74, 6) is 0. The summed E-state index contributed by atoms with van der Waals surface area (Å²) in [5, 5.41) is 0. The van der Waals surface area contributed by atoms with Crippen molar-refractivity contribution < 1.29 is 0 Å². The maximum absolute atomic E-state index is 2.43. The second-order valence-electron chi connectivity index (χ2n) is 4.03. The van der Waals surface area contributed by atoms with Crippen LogP contribution in [0.4, 0.5) is 0 Å². The van der Waals surface area contributed by atoms with Crippen LogP contribution in [0.1, 0.15) is 32.6 Å². The van der Waals surface area contributed by atoms with Crippen molar-refractivity contribution in [2.45, 2.75) is 32.6 Å². The van der Waals surface area contributed by atoms with Gasteiger partial charge in [-0.15, -0.1) is 0 Å². The maximum atomic E-state index is 2.43. The van der Waals surface area contributed by atoms with Crippen LogP contribution in [-0.2, 0) is 0 Å². The summed E-state index contributed by atoms with van der Waals surface area (Å²) in [6, 6.07) is 0. The Morgan fingerprint density at radius 3 is 2.83 bits per heavy atom. The lowest BCUT2D eigenvalue weighted by Crippen LogP contribution is -2.15. The fourth-order valence-electron chi connectivity index (χ4n) is 2.16. The zero-order valence-electron chi connectivity index (χ0n) is 7.72. The molecule has 64 valence electrons. The molecule has 0 aliphatic heterocycles. The fourth-order valence-corrected chi connectivity index (χ4v) is 2.16. The molecule has 0 bridgehead atoms. The summed E-state index contributed by atoms with van der Waals surface area (Å²) < 4.78 is 0. The zero-order chi connectivity index (χ0) is 8.44. The molecule has 0 saturated carbocycles. The number of allylic oxidation sites excluding steroid dienone is 6. The summed E-state index contributed by atoms with van der Waals surface area (Å²) >= 11 is 0. The molecule has 1 atom stereocenters. The minimum absolute atomic E-state index is 0.352. The van der Waals surface area contributed by atoms with Crippen molar-refractivity contribution in [2.24, 2.45) is 5.41 Å². The van der Waals surface area contributed by atoms with Gasteiger partial charge in [0.25, 0.3) is 0 Å². The molecule has 0 fully saturated rings. The Hall–Kier alpha value is -0.780. The second kappa shape index (κ2) is 2.93. The molecular formula is C12H16. The van der Waals surface area contributed by atoms with Gasteiger partial charge >= 0.3 is 0 Å². The van der Waals surface area contributed by atoms with E-state index >= 15 is 0 Å². The van der Waals surface area contributed by atoms with Gasteiger partial charge in [0.15, 0.2) is 0 Å². The molecule has 2 aliphatic carbocycles. The molecule has 0 heteroatoms. The Morgan fingerprint density at radius 2 is 2.25 bits per heavy atom. The Kier molecular flexibility index (Phi) is 1.92. The van der Waals surface area contributed by atoms with E-state index in [9.17, 15) is 0 Å². The minimum atomic E-state index is 0.352. The highest BCUT2D eigenvalue weighted by atomic mass is 14.3. The molecular weight excluding hydrogens is 144 g/mol. The molecule has 0 radical (unpaired) electrons. The van der Waals surface area contributed by atoms with Gasteiger partial charge in [0, 0.05) is 5.41 Å². The van der Waals surface area contributed by atoms with Gasteiger partial charge in [-0.25, -0.2) is 0 Å². The van der Waals surface area contributed by atoms with Crippen molar-refractivity contribution in [3.63, 3.8) is 0 Å². The Balaban J connectivity index is 2.20. The van der Waals surface area contributed by atoms with Crippen molar-refractivity contribution in [3.8, 4) is 0 Å². The highest BCUT2D eigenvalue weighted by molar-refractivity contribution is 5.29. The van der Waals surface area contributed by atoms with Crippen molar-refractivity contribution in [1.29, 1.82) is 0 Å². The van der Waals surface area contributed by atoms with Gasteiger partial charge < -0.3 is 0 Å². The van der Waals surface area contributed by atoms with Gasteiger partial charge in [-0.05, 0) is 25.7 Å². The topological polar surface area (TPSA) is 0 Å². The molecule has 0 aromatic heterocycles.